The van der Waals surface area contributed by atoms with Gasteiger partial charge in [0, 0.05) is 15.6 Å². The Balaban J connectivity index is 1.78. The van der Waals surface area contributed by atoms with E-state index in [1.54, 1.807) is 0 Å². The Morgan fingerprint density at radius 1 is 1.05 bits per heavy atom. The third kappa shape index (κ3) is 3.38. The first-order valence-corrected chi connectivity index (χ1v) is 8.05. The number of benzene rings is 2. The van der Waals surface area contributed by atoms with E-state index in [1.807, 2.05) is 67.6 Å². The predicted molar refractivity (Wildman–Crippen MR) is 93.9 cm³/mol. The van der Waals surface area contributed by atoms with Crippen molar-refractivity contribution in [1.29, 1.82) is 0 Å². The first kappa shape index (κ1) is 14.8. The van der Waals surface area contributed by atoms with E-state index in [0.29, 0.717) is 9.90 Å². The fourth-order valence-electron chi connectivity index (χ4n) is 2.14. The van der Waals surface area contributed by atoms with Gasteiger partial charge in [-0.1, -0.05) is 35.9 Å². The first-order chi connectivity index (χ1) is 10.6. The summed E-state index contributed by atoms with van der Waals surface area (Å²) in [4.78, 5) is 14.0. The van der Waals surface area contributed by atoms with Gasteiger partial charge in [-0.05, 0) is 54.4 Å². The Hall–Kier alpha value is -2.10. The average molecular weight is 328 g/mol. The molecule has 2 aromatic carbocycles. The molecule has 22 heavy (non-hydrogen) atoms. The summed E-state index contributed by atoms with van der Waals surface area (Å²) in [5, 5.41) is 3.63. The van der Waals surface area contributed by atoms with Crippen LogP contribution in [0.15, 0.2) is 60.7 Å². The normalized spacial score (nSPS) is 10.5. The lowest BCUT2D eigenvalue weighted by Gasteiger charge is -2.04. The number of hydrogen-bond donors (Lipinski definition) is 1. The van der Waals surface area contributed by atoms with E-state index in [0.717, 1.165) is 21.7 Å². The number of halogens is 1. The topological polar surface area (TPSA) is 29.1 Å². The number of amides is 1. The number of aryl methyl sites for hydroxylation is 1. The second-order valence-electron chi connectivity index (χ2n) is 4.99. The molecule has 1 N–H and O–H groups in total. The zero-order valence-electron chi connectivity index (χ0n) is 12.0. The largest absolute Gasteiger partial charge is 0.321 e. The average Bonchev–Trinajstić information content (AvgIpc) is 2.98. The molecule has 3 aromatic rings. The van der Waals surface area contributed by atoms with Crippen LogP contribution >= 0.6 is 22.9 Å². The lowest BCUT2D eigenvalue weighted by molar-refractivity contribution is 0.103. The maximum atomic E-state index is 12.3. The number of rotatable bonds is 3. The van der Waals surface area contributed by atoms with Gasteiger partial charge >= 0.3 is 0 Å². The van der Waals surface area contributed by atoms with Crippen molar-refractivity contribution in [3.8, 4) is 10.4 Å². The van der Waals surface area contributed by atoms with Crippen molar-refractivity contribution in [3.63, 3.8) is 0 Å². The van der Waals surface area contributed by atoms with Crippen molar-refractivity contribution in [1.82, 2.24) is 0 Å². The highest BCUT2D eigenvalue weighted by Gasteiger charge is 2.10. The van der Waals surface area contributed by atoms with Gasteiger partial charge < -0.3 is 5.32 Å². The smallest absolute Gasteiger partial charge is 0.265 e. The van der Waals surface area contributed by atoms with E-state index < -0.39 is 0 Å². The van der Waals surface area contributed by atoms with Crippen LogP contribution in [0, 0.1) is 6.92 Å². The molecule has 110 valence electrons. The molecule has 1 aromatic heterocycles. The minimum Gasteiger partial charge on any atom is -0.321 e. The van der Waals surface area contributed by atoms with E-state index in [4.69, 9.17) is 11.6 Å². The molecule has 0 spiro atoms. The van der Waals surface area contributed by atoms with Gasteiger partial charge in [-0.15, -0.1) is 11.3 Å². The number of carbonyl (C=O) groups is 1. The van der Waals surface area contributed by atoms with Gasteiger partial charge in [-0.3, -0.25) is 4.79 Å². The van der Waals surface area contributed by atoms with E-state index in [1.165, 1.54) is 11.3 Å². The van der Waals surface area contributed by atoms with Crippen molar-refractivity contribution in [2.24, 2.45) is 0 Å². The second-order valence-corrected chi connectivity index (χ2v) is 6.51. The predicted octanol–water partition coefficient (Wildman–Crippen LogP) is 5.63. The molecule has 0 radical (unpaired) electrons. The molecule has 0 bridgehead atoms. The van der Waals surface area contributed by atoms with Crippen LogP contribution in [0.5, 0.6) is 0 Å². The molecule has 3 rings (SSSR count). The van der Waals surface area contributed by atoms with E-state index >= 15 is 0 Å². The van der Waals surface area contributed by atoms with E-state index in [9.17, 15) is 4.79 Å². The van der Waals surface area contributed by atoms with Crippen LogP contribution in [0.25, 0.3) is 10.4 Å². The highest BCUT2D eigenvalue weighted by Crippen LogP contribution is 2.29. The van der Waals surface area contributed by atoms with Gasteiger partial charge in [0.25, 0.3) is 5.91 Å². The summed E-state index contributed by atoms with van der Waals surface area (Å²) < 4.78 is 0. The zero-order valence-corrected chi connectivity index (χ0v) is 13.5. The van der Waals surface area contributed by atoms with Gasteiger partial charge in [0.2, 0.25) is 0 Å². The molecule has 0 saturated heterocycles. The molecule has 4 heteroatoms. The van der Waals surface area contributed by atoms with Gasteiger partial charge in [0.05, 0.1) is 4.88 Å². The van der Waals surface area contributed by atoms with Crippen LogP contribution in [-0.2, 0) is 0 Å². The Morgan fingerprint density at radius 2 is 1.82 bits per heavy atom. The highest BCUT2D eigenvalue weighted by atomic mass is 35.5. The molecule has 0 fully saturated rings. The molecule has 0 aliphatic carbocycles. The maximum Gasteiger partial charge on any atom is 0.265 e. The molecular formula is C18H14ClNOS. The summed E-state index contributed by atoms with van der Waals surface area (Å²) in [5.41, 5.74) is 2.99. The van der Waals surface area contributed by atoms with Crippen LogP contribution in [0.3, 0.4) is 0 Å². The van der Waals surface area contributed by atoms with Gasteiger partial charge in [0.15, 0.2) is 0 Å². The molecule has 0 aliphatic heterocycles. The van der Waals surface area contributed by atoms with Gasteiger partial charge in [0.1, 0.15) is 0 Å². The molecular weight excluding hydrogens is 314 g/mol. The quantitative estimate of drug-likeness (QED) is 0.663. The zero-order chi connectivity index (χ0) is 15.5. The Labute approximate surface area is 138 Å². The van der Waals surface area contributed by atoms with Crippen LogP contribution in [0.1, 0.15) is 15.2 Å². The molecule has 0 saturated carbocycles. The van der Waals surface area contributed by atoms with Crippen molar-refractivity contribution in [2.75, 3.05) is 5.32 Å². The van der Waals surface area contributed by atoms with Crippen molar-refractivity contribution in [3.05, 3.63) is 76.1 Å². The number of hydrogen-bond acceptors (Lipinski definition) is 2. The van der Waals surface area contributed by atoms with Crippen LogP contribution in [0.4, 0.5) is 5.69 Å². The fraction of sp³-hybridized carbons (Fsp3) is 0.0556. The Morgan fingerprint density at radius 3 is 2.55 bits per heavy atom. The fourth-order valence-corrected chi connectivity index (χ4v) is 3.18. The SMILES string of the molecule is Cc1cccc(NC(=O)c2ccc(-c3ccc(Cl)cc3)s2)c1. The molecule has 0 atom stereocenters. The Kier molecular flexibility index (Phi) is 4.27. The van der Waals surface area contributed by atoms with Crippen molar-refractivity contribution < 1.29 is 4.79 Å². The Bertz CT molecular complexity index is 808. The van der Waals surface area contributed by atoms with Gasteiger partial charge in [-0.2, -0.15) is 0 Å². The summed E-state index contributed by atoms with van der Waals surface area (Å²) in [6, 6.07) is 19.2. The molecule has 0 aliphatic rings. The van der Waals surface area contributed by atoms with Gasteiger partial charge in [-0.25, -0.2) is 0 Å². The molecule has 0 unspecified atom stereocenters. The summed E-state index contributed by atoms with van der Waals surface area (Å²) in [6.45, 7) is 2.00. The number of anilines is 1. The van der Waals surface area contributed by atoms with Crippen LogP contribution < -0.4 is 5.32 Å². The van der Waals surface area contributed by atoms with Crippen molar-refractivity contribution >= 4 is 34.5 Å². The number of thiophene rings is 1. The lowest BCUT2D eigenvalue weighted by atomic mass is 10.2. The summed E-state index contributed by atoms with van der Waals surface area (Å²) in [7, 11) is 0. The van der Waals surface area contributed by atoms with E-state index in [2.05, 4.69) is 5.32 Å². The molecule has 1 amide bonds. The first-order valence-electron chi connectivity index (χ1n) is 6.85. The van der Waals surface area contributed by atoms with Crippen LogP contribution in [0.2, 0.25) is 5.02 Å². The third-order valence-electron chi connectivity index (χ3n) is 3.23. The lowest BCUT2D eigenvalue weighted by Crippen LogP contribution is -2.09. The summed E-state index contributed by atoms with van der Waals surface area (Å²) in [6.07, 6.45) is 0. The maximum absolute atomic E-state index is 12.3. The van der Waals surface area contributed by atoms with Crippen molar-refractivity contribution in [2.45, 2.75) is 6.92 Å². The molecule has 1 heterocycles. The number of nitrogens with one attached hydrogen (secondary N) is 1. The third-order valence-corrected chi connectivity index (χ3v) is 4.62. The second kappa shape index (κ2) is 6.34. The summed E-state index contributed by atoms with van der Waals surface area (Å²) in [5.74, 6) is -0.0872. The standard InChI is InChI=1S/C18H14ClNOS/c1-12-3-2-4-15(11-12)20-18(21)17-10-9-16(22-17)13-5-7-14(19)8-6-13/h2-11H,1H3,(H,20,21). The summed E-state index contributed by atoms with van der Waals surface area (Å²) >= 11 is 7.37. The minimum atomic E-state index is -0.0872. The number of carbonyl (C=O) groups excluding carboxylic acids is 1. The minimum absolute atomic E-state index is 0.0872. The molecule has 2 nitrogen and oxygen atoms in total. The van der Waals surface area contributed by atoms with E-state index in [-0.39, 0.29) is 5.91 Å². The monoisotopic (exact) mass is 327 g/mol. The highest BCUT2D eigenvalue weighted by molar-refractivity contribution is 7.17. The van der Waals surface area contributed by atoms with Crippen LogP contribution in [-0.4, -0.2) is 5.91 Å².